The number of unbranched alkanes of at least 4 members (excludes halogenated alkanes) is 1. The maximum absolute atomic E-state index is 10.0. The molecule has 1 fully saturated rings. The lowest BCUT2D eigenvalue weighted by Gasteiger charge is -2.22. The molecule has 0 radical (unpaired) electrons. The number of allylic oxidation sites excluding steroid dienone is 3. The number of rotatable bonds is 8. The van der Waals surface area contributed by atoms with Crippen LogP contribution in [0.1, 0.15) is 76.8 Å². The summed E-state index contributed by atoms with van der Waals surface area (Å²) >= 11 is 0. The van der Waals surface area contributed by atoms with Gasteiger partial charge in [0.25, 0.3) is 0 Å². The average molecular weight is 369 g/mol. The van der Waals surface area contributed by atoms with E-state index >= 15 is 0 Å². The van der Waals surface area contributed by atoms with Crippen molar-refractivity contribution in [3.8, 4) is 0 Å². The molecule has 1 aromatic carbocycles. The summed E-state index contributed by atoms with van der Waals surface area (Å²) in [5.74, 6) is 0. The van der Waals surface area contributed by atoms with Gasteiger partial charge in [0.15, 0.2) is 0 Å². The van der Waals surface area contributed by atoms with Crippen molar-refractivity contribution in [2.75, 3.05) is 0 Å². The third-order valence-electron chi connectivity index (χ3n) is 5.41. The zero-order valence-electron chi connectivity index (χ0n) is 17.3. The first-order valence-corrected chi connectivity index (χ1v) is 10.4. The number of aliphatic hydroxyl groups is 2. The molecule has 0 aliphatic heterocycles. The Morgan fingerprint density at radius 3 is 2.78 bits per heavy atom. The van der Waals surface area contributed by atoms with Crippen molar-refractivity contribution in [2.24, 2.45) is 0 Å². The van der Waals surface area contributed by atoms with Gasteiger partial charge in [0.2, 0.25) is 0 Å². The van der Waals surface area contributed by atoms with Gasteiger partial charge in [-0.2, -0.15) is 0 Å². The molecule has 0 heterocycles. The molecule has 27 heavy (non-hydrogen) atoms. The molecule has 1 aliphatic rings. The molecule has 2 nitrogen and oxygen atoms in total. The molecular formula is C25H36O2. The summed E-state index contributed by atoms with van der Waals surface area (Å²) in [5.41, 5.74) is 5.44. The second kappa shape index (κ2) is 10.1. The third kappa shape index (κ3) is 7.12. The Bertz CT molecular complexity index is 689. The summed E-state index contributed by atoms with van der Waals surface area (Å²) in [6.07, 6.45) is 11.8. The van der Waals surface area contributed by atoms with Crippen LogP contribution in [0.4, 0.5) is 0 Å². The SMILES string of the molecule is C=C1/C(=C\C=C(/CC)c2cccc(CCCCC(C)(C)O)c2)CCCC1O. The van der Waals surface area contributed by atoms with E-state index < -0.39 is 5.60 Å². The quantitative estimate of drug-likeness (QED) is 0.553. The van der Waals surface area contributed by atoms with Crippen LogP contribution in [-0.4, -0.2) is 21.9 Å². The van der Waals surface area contributed by atoms with E-state index in [1.54, 1.807) is 0 Å². The van der Waals surface area contributed by atoms with Gasteiger partial charge >= 0.3 is 0 Å². The lowest BCUT2D eigenvalue weighted by molar-refractivity contribution is 0.0682. The minimum absolute atomic E-state index is 0.379. The first-order valence-electron chi connectivity index (χ1n) is 10.4. The van der Waals surface area contributed by atoms with Gasteiger partial charge < -0.3 is 10.2 Å². The molecule has 0 spiro atoms. The third-order valence-corrected chi connectivity index (χ3v) is 5.41. The lowest BCUT2D eigenvalue weighted by atomic mass is 9.87. The highest BCUT2D eigenvalue weighted by atomic mass is 16.3. The normalized spacial score (nSPS) is 20.3. The highest BCUT2D eigenvalue weighted by molar-refractivity contribution is 5.67. The molecule has 1 aromatic rings. The zero-order chi connectivity index (χ0) is 19.9. The van der Waals surface area contributed by atoms with Crippen LogP contribution in [-0.2, 0) is 6.42 Å². The summed E-state index contributed by atoms with van der Waals surface area (Å²) < 4.78 is 0. The molecule has 0 bridgehead atoms. The minimum atomic E-state index is -0.565. The number of aryl methyl sites for hydroxylation is 1. The predicted octanol–water partition coefficient (Wildman–Crippen LogP) is 5.99. The zero-order valence-corrected chi connectivity index (χ0v) is 17.3. The molecule has 0 aromatic heterocycles. The van der Waals surface area contributed by atoms with Crippen LogP contribution in [0, 0.1) is 0 Å². The average Bonchev–Trinajstić information content (AvgIpc) is 2.62. The van der Waals surface area contributed by atoms with Crippen LogP contribution >= 0.6 is 0 Å². The first kappa shape index (κ1) is 21.7. The minimum Gasteiger partial charge on any atom is -0.390 e. The maximum atomic E-state index is 10.0. The molecule has 1 saturated carbocycles. The summed E-state index contributed by atoms with van der Waals surface area (Å²) in [7, 11) is 0. The fraction of sp³-hybridized carbons (Fsp3) is 0.520. The monoisotopic (exact) mass is 368 g/mol. The predicted molar refractivity (Wildman–Crippen MR) is 116 cm³/mol. The van der Waals surface area contributed by atoms with Crippen LogP contribution in [0.15, 0.2) is 54.1 Å². The van der Waals surface area contributed by atoms with Crippen LogP contribution in [0.25, 0.3) is 5.57 Å². The second-order valence-electron chi connectivity index (χ2n) is 8.39. The molecule has 1 atom stereocenters. The summed E-state index contributed by atoms with van der Waals surface area (Å²) in [5, 5.41) is 19.8. The van der Waals surface area contributed by atoms with Gasteiger partial charge in [0.05, 0.1) is 11.7 Å². The van der Waals surface area contributed by atoms with E-state index in [9.17, 15) is 10.2 Å². The van der Waals surface area contributed by atoms with Crippen molar-refractivity contribution in [3.63, 3.8) is 0 Å². The van der Waals surface area contributed by atoms with Gasteiger partial charge in [-0.05, 0) is 86.6 Å². The van der Waals surface area contributed by atoms with Crippen molar-refractivity contribution in [1.82, 2.24) is 0 Å². The maximum Gasteiger partial charge on any atom is 0.0787 e. The first-order chi connectivity index (χ1) is 12.8. The Morgan fingerprint density at radius 1 is 1.30 bits per heavy atom. The fourth-order valence-electron chi connectivity index (χ4n) is 3.66. The molecule has 1 aliphatic carbocycles. The van der Waals surface area contributed by atoms with Gasteiger partial charge in [0, 0.05) is 0 Å². The van der Waals surface area contributed by atoms with Crippen LogP contribution in [0.2, 0.25) is 0 Å². The van der Waals surface area contributed by atoms with E-state index in [1.165, 1.54) is 22.3 Å². The van der Waals surface area contributed by atoms with E-state index in [0.29, 0.717) is 0 Å². The van der Waals surface area contributed by atoms with Crippen molar-refractivity contribution in [1.29, 1.82) is 0 Å². The molecule has 2 N–H and O–H groups in total. The Kier molecular flexibility index (Phi) is 8.07. The Balaban J connectivity index is 2.05. The van der Waals surface area contributed by atoms with E-state index in [4.69, 9.17) is 0 Å². The lowest BCUT2D eigenvalue weighted by Crippen LogP contribution is -2.17. The van der Waals surface area contributed by atoms with Crippen molar-refractivity contribution >= 4 is 5.57 Å². The Labute approximate surface area is 165 Å². The highest BCUT2D eigenvalue weighted by Crippen LogP contribution is 2.29. The van der Waals surface area contributed by atoms with Gasteiger partial charge in [-0.25, -0.2) is 0 Å². The number of hydrogen-bond acceptors (Lipinski definition) is 2. The van der Waals surface area contributed by atoms with Gasteiger partial charge in [-0.1, -0.05) is 56.3 Å². The molecule has 148 valence electrons. The fourth-order valence-corrected chi connectivity index (χ4v) is 3.66. The topological polar surface area (TPSA) is 40.5 Å². The van der Waals surface area contributed by atoms with Crippen LogP contribution in [0.3, 0.4) is 0 Å². The number of hydrogen-bond donors (Lipinski definition) is 2. The van der Waals surface area contributed by atoms with Crippen LogP contribution < -0.4 is 0 Å². The summed E-state index contributed by atoms with van der Waals surface area (Å²) in [4.78, 5) is 0. The Morgan fingerprint density at radius 2 is 2.07 bits per heavy atom. The molecule has 2 rings (SSSR count). The van der Waals surface area contributed by atoms with Crippen molar-refractivity contribution in [3.05, 3.63) is 65.3 Å². The van der Waals surface area contributed by atoms with Crippen molar-refractivity contribution < 1.29 is 10.2 Å². The van der Waals surface area contributed by atoms with Crippen LogP contribution in [0.5, 0.6) is 0 Å². The second-order valence-corrected chi connectivity index (χ2v) is 8.39. The smallest absolute Gasteiger partial charge is 0.0787 e. The largest absolute Gasteiger partial charge is 0.390 e. The van der Waals surface area contributed by atoms with Gasteiger partial charge in [0.1, 0.15) is 0 Å². The molecular weight excluding hydrogens is 332 g/mol. The number of aliphatic hydroxyl groups excluding tert-OH is 1. The van der Waals surface area contributed by atoms with Crippen molar-refractivity contribution in [2.45, 2.75) is 83.8 Å². The number of benzene rings is 1. The van der Waals surface area contributed by atoms with E-state index in [0.717, 1.165) is 56.9 Å². The summed E-state index contributed by atoms with van der Waals surface area (Å²) in [6, 6.07) is 8.81. The van der Waals surface area contributed by atoms with Gasteiger partial charge in [-0.3, -0.25) is 0 Å². The molecule has 1 unspecified atom stereocenters. The molecule has 0 saturated heterocycles. The molecule has 2 heteroatoms. The standard InChI is InChI=1S/C25H36O2/c1-5-21(15-16-22-12-9-14-24(26)19(22)2)23-13-8-11-20(18-23)10-6-7-17-25(3,4)27/h8,11,13,15-16,18,24,26-27H,2,5-7,9-10,12,14,17H2,1,3-4H3/b21-15+,22-16-. The summed E-state index contributed by atoms with van der Waals surface area (Å²) in [6.45, 7) is 10.00. The van der Waals surface area contributed by atoms with E-state index in [2.05, 4.69) is 49.9 Å². The van der Waals surface area contributed by atoms with E-state index in [1.807, 2.05) is 13.8 Å². The highest BCUT2D eigenvalue weighted by Gasteiger charge is 2.18. The molecule has 0 amide bonds. The van der Waals surface area contributed by atoms with E-state index in [-0.39, 0.29) is 6.10 Å². The Hall–Kier alpha value is -1.64. The van der Waals surface area contributed by atoms with Gasteiger partial charge in [-0.15, -0.1) is 0 Å².